The van der Waals surface area contributed by atoms with E-state index in [1.165, 1.54) is 24.3 Å². The molecule has 4 rings (SSSR count). The minimum atomic E-state index is 0.222. The lowest BCUT2D eigenvalue weighted by Crippen LogP contribution is -2.50. The first-order valence-electron chi connectivity index (χ1n) is 9.16. The molecule has 3 fully saturated rings. The highest BCUT2D eigenvalue weighted by molar-refractivity contribution is 7.09. The molecule has 2 N–H and O–H groups in total. The summed E-state index contributed by atoms with van der Waals surface area (Å²) in [5.41, 5.74) is 6.38. The van der Waals surface area contributed by atoms with Crippen molar-refractivity contribution in [2.45, 2.75) is 56.9 Å². The van der Waals surface area contributed by atoms with Crippen LogP contribution in [0.4, 0.5) is 0 Å². The molecule has 2 saturated carbocycles. The van der Waals surface area contributed by atoms with Crippen LogP contribution in [0.1, 0.15) is 55.9 Å². The molecule has 3 aliphatic rings. The van der Waals surface area contributed by atoms with E-state index in [1.807, 2.05) is 11.6 Å². The largest absolute Gasteiger partial charge is 0.342 e. The highest BCUT2D eigenvalue weighted by Gasteiger charge is 2.42. The number of hydrogen-bond acceptors (Lipinski definition) is 4. The first kappa shape index (κ1) is 15.6. The first-order chi connectivity index (χ1) is 11.2. The van der Waals surface area contributed by atoms with Crippen molar-refractivity contribution in [3.8, 4) is 0 Å². The molecule has 2 bridgehead atoms. The lowest BCUT2D eigenvalue weighted by molar-refractivity contribution is -0.139. The summed E-state index contributed by atoms with van der Waals surface area (Å²) >= 11 is 1.73. The zero-order chi connectivity index (χ0) is 15.8. The van der Waals surface area contributed by atoms with Gasteiger partial charge in [-0.3, -0.25) is 4.79 Å². The molecule has 4 nitrogen and oxygen atoms in total. The van der Waals surface area contributed by atoms with Gasteiger partial charge in [-0.25, -0.2) is 4.98 Å². The number of piperidine rings is 1. The van der Waals surface area contributed by atoms with Crippen LogP contribution in [0.15, 0.2) is 11.6 Å². The maximum Gasteiger partial charge on any atom is 0.225 e. The van der Waals surface area contributed by atoms with Gasteiger partial charge >= 0.3 is 0 Å². The Hall–Kier alpha value is -0.940. The topological polar surface area (TPSA) is 59.2 Å². The van der Waals surface area contributed by atoms with Gasteiger partial charge in [0.1, 0.15) is 0 Å². The van der Waals surface area contributed by atoms with E-state index in [1.54, 1.807) is 11.3 Å². The summed E-state index contributed by atoms with van der Waals surface area (Å²) in [6.07, 6.45) is 9.95. The zero-order valence-electron chi connectivity index (χ0n) is 13.7. The Bertz CT molecular complexity index is 532. The van der Waals surface area contributed by atoms with Crippen LogP contribution in [-0.4, -0.2) is 34.9 Å². The van der Waals surface area contributed by atoms with Crippen LogP contribution < -0.4 is 5.73 Å². The molecule has 3 atom stereocenters. The summed E-state index contributed by atoms with van der Waals surface area (Å²) in [6.45, 7) is 1.79. The molecular formula is C18H27N3OS. The number of thiazole rings is 1. The standard InChI is InChI=1S/C18H27N3OS/c19-16-12-3-1-4-13(16)10-15(9-12)18(22)21-7-2-5-14(11-21)17-20-6-8-23-17/h6,8,12-16H,1-5,7,9-11,19H2. The van der Waals surface area contributed by atoms with Crippen LogP contribution in [0.3, 0.4) is 0 Å². The van der Waals surface area contributed by atoms with Gasteiger partial charge in [-0.1, -0.05) is 6.42 Å². The zero-order valence-corrected chi connectivity index (χ0v) is 14.5. The summed E-state index contributed by atoms with van der Waals surface area (Å²) in [5, 5.41) is 3.24. The Morgan fingerprint density at radius 3 is 2.70 bits per heavy atom. The molecule has 2 heterocycles. The Labute approximate surface area is 142 Å². The first-order valence-corrected chi connectivity index (χ1v) is 10.0. The van der Waals surface area contributed by atoms with Gasteiger partial charge in [0.2, 0.25) is 5.91 Å². The fourth-order valence-electron chi connectivity index (χ4n) is 5.06. The summed E-state index contributed by atoms with van der Waals surface area (Å²) in [5.74, 6) is 2.22. The quantitative estimate of drug-likeness (QED) is 0.905. The Balaban J connectivity index is 1.42. The maximum atomic E-state index is 13.1. The third kappa shape index (κ3) is 3.05. The summed E-state index contributed by atoms with van der Waals surface area (Å²) < 4.78 is 0. The van der Waals surface area contributed by atoms with Crippen molar-refractivity contribution >= 4 is 17.2 Å². The highest BCUT2D eigenvalue weighted by Crippen LogP contribution is 2.43. The summed E-state index contributed by atoms with van der Waals surface area (Å²) in [4.78, 5) is 19.7. The summed E-state index contributed by atoms with van der Waals surface area (Å²) in [6, 6.07) is 0.345. The number of nitrogens with zero attached hydrogens (tertiary/aromatic N) is 2. The van der Waals surface area contributed by atoms with E-state index in [4.69, 9.17) is 5.73 Å². The molecule has 0 spiro atoms. The molecule has 1 saturated heterocycles. The van der Waals surface area contributed by atoms with E-state index in [-0.39, 0.29) is 5.92 Å². The van der Waals surface area contributed by atoms with E-state index in [0.717, 1.165) is 38.8 Å². The number of amides is 1. The number of hydrogen-bond donors (Lipinski definition) is 1. The summed E-state index contributed by atoms with van der Waals surface area (Å²) in [7, 11) is 0. The van der Waals surface area contributed by atoms with E-state index in [2.05, 4.69) is 9.88 Å². The average Bonchev–Trinajstić information content (AvgIpc) is 3.08. The molecule has 23 heavy (non-hydrogen) atoms. The lowest BCUT2D eigenvalue weighted by atomic mass is 9.65. The van der Waals surface area contributed by atoms with Gasteiger partial charge in [-0.05, 0) is 50.4 Å². The monoisotopic (exact) mass is 333 g/mol. The minimum Gasteiger partial charge on any atom is -0.342 e. The number of carbonyl (C=O) groups excluding carboxylic acids is 1. The van der Waals surface area contributed by atoms with Gasteiger partial charge in [0.15, 0.2) is 0 Å². The Morgan fingerprint density at radius 1 is 1.22 bits per heavy atom. The molecule has 0 radical (unpaired) electrons. The van der Waals surface area contributed by atoms with Gasteiger partial charge in [0.25, 0.3) is 0 Å². The average molecular weight is 334 g/mol. The molecule has 5 heteroatoms. The molecule has 126 valence electrons. The van der Waals surface area contributed by atoms with Crippen LogP contribution in [0.25, 0.3) is 0 Å². The van der Waals surface area contributed by atoms with E-state index >= 15 is 0 Å². The second kappa shape index (κ2) is 6.52. The van der Waals surface area contributed by atoms with Crippen molar-refractivity contribution in [1.29, 1.82) is 0 Å². The van der Waals surface area contributed by atoms with Crippen LogP contribution in [0, 0.1) is 17.8 Å². The van der Waals surface area contributed by atoms with E-state index in [0.29, 0.717) is 29.7 Å². The molecule has 1 aromatic rings. The molecule has 1 amide bonds. The maximum absolute atomic E-state index is 13.1. The molecular weight excluding hydrogens is 306 g/mol. The Kier molecular flexibility index (Phi) is 4.41. The van der Waals surface area contributed by atoms with Crippen LogP contribution in [0.5, 0.6) is 0 Å². The van der Waals surface area contributed by atoms with Gasteiger partial charge in [0.05, 0.1) is 5.01 Å². The van der Waals surface area contributed by atoms with E-state index in [9.17, 15) is 4.79 Å². The lowest BCUT2D eigenvalue weighted by Gasteiger charge is -2.45. The third-order valence-electron chi connectivity index (χ3n) is 6.30. The number of fused-ring (bicyclic) bond motifs is 2. The van der Waals surface area contributed by atoms with Crippen LogP contribution >= 0.6 is 11.3 Å². The van der Waals surface area contributed by atoms with Gasteiger partial charge < -0.3 is 10.6 Å². The minimum absolute atomic E-state index is 0.222. The second-order valence-electron chi connectivity index (χ2n) is 7.69. The second-order valence-corrected chi connectivity index (χ2v) is 8.62. The predicted molar refractivity (Wildman–Crippen MR) is 92.2 cm³/mol. The fraction of sp³-hybridized carbons (Fsp3) is 0.778. The molecule has 3 unspecified atom stereocenters. The van der Waals surface area contributed by atoms with Gasteiger partial charge in [0, 0.05) is 42.5 Å². The number of rotatable bonds is 2. The SMILES string of the molecule is NC1C2CCCC1CC(C(=O)N1CCCC(c3nccs3)C1)C2. The molecule has 0 aromatic carbocycles. The smallest absolute Gasteiger partial charge is 0.225 e. The fourth-order valence-corrected chi connectivity index (χ4v) is 5.83. The van der Waals surface area contributed by atoms with Crippen molar-refractivity contribution in [2.75, 3.05) is 13.1 Å². The normalized spacial score (nSPS) is 37.6. The number of aromatic nitrogens is 1. The van der Waals surface area contributed by atoms with Gasteiger partial charge in [-0.2, -0.15) is 0 Å². The number of nitrogens with two attached hydrogens (primary N) is 1. The molecule has 1 aliphatic heterocycles. The predicted octanol–water partition coefficient (Wildman–Crippen LogP) is 3.00. The number of likely N-dealkylation sites (tertiary alicyclic amines) is 1. The van der Waals surface area contributed by atoms with Crippen molar-refractivity contribution < 1.29 is 4.79 Å². The molecule has 2 aliphatic carbocycles. The number of carbonyl (C=O) groups is 1. The van der Waals surface area contributed by atoms with Crippen molar-refractivity contribution in [1.82, 2.24) is 9.88 Å². The van der Waals surface area contributed by atoms with Gasteiger partial charge in [-0.15, -0.1) is 11.3 Å². The van der Waals surface area contributed by atoms with Crippen LogP contribution in [0.2, 0.25) is 0 Å². The van der Waals surface area contributed by atoms with Crippen LogP contribution in [-0.2, 0) is 4.79 Å². The van der Waals surface area contributed by atoms with Crippen molar-refractivity contribution in [3.63, 3.8) is 0 Å². The van der Waals surface area contributed by atoms with E-state index < -0.39 is 0 Å². The van der Waals surface area contributed by atoms with Crippen molar-refractivity contribution in [3.05, 3.63) is 16.6 Å². The highest BCUT2D eigenvalue weighted by atomic mass is 32.1. The Morgan fingerprint density at radius 2 is 2.00 bits per heavy atom. The molecule has 1 aromatic heterocycles. The van der Waals surface area contributed by atoms with Crippen molar-refractivity contribution in [2.24, 2.45) is 23.5 Å². The third-order valence-corrected chi connectivity index (χ3v) is 7.23.